The van der Waals surface area contributed by atoms with E-state index in [1.807, 2.05) is 18.7 Å². The molecule has 0 saturated heterocycles. The van der Waals surface area contributed by atoms with Crippen molar-refractivity contribution < 1.29 is 0 Å². The lowest BCUT2D eigenvalue weighted by Crippen LogP contribution is -2.34. The van der Waals surface area contributed by atoms with E-state index in [1.165, 1.54) is 22.4 Å². The monoisotopic (exact) mass is 349 g/mol. The Balaban J connectivity index is 1.79. The minimum atomic E-state index is 0.00584. The lowest BCUT2D eigenvalue weighted by Gasteiger charge is -2.40. The predicted octanol–water partition coefficient (Wildman–Crippen LogP) is 5.45. The van der Waals surface area contributed by atoms with E-state index in [1.54, 1.807) is 0 Å². The summed E-state index contributed by atoms with van der Waals surface area (Å²) >= 11 is 0. The van der Waals surface area contributed by atoms with Crippen LogP contribution in [0.3, 0.4) is 0 Å². The van der Waals surface area contributed by atoms with Gasteiger partial charge in [-0.3, -0.25) is 0 Å². The van der Waals surface area contributed by atoms with Crippen LogP contribution >= 0.6 is 0 Å². The zero-order valence-electron chi connectivity index (χ0n) is 14.8. The molecule has 0 aliphatic carbocycles. The van der Waals surface area contributed by atoms with Crippen molar-refractivity contribution in [1.82, 2.24) is 9.55 Å². The number of fused-ring (bicyclic) bond motifs is 1. The standard InChI is InChI=1S/C24H19N3/c1-3-9-19(10-4-1)23-17-20-11-7-8-14-22(20)24(26-16-15-25-18-26)27(23)21-12-5-2-6-13-21/h1-18,24H. The second-order valence-electron chi connectivity index (χ2n) is 6.61. The highest BCUT2D eigenvalue weighted by atomic mass is 15.3. The molecule has 3 aromatic carbocycles. The van der Waals surface area contributed by atoms with Gasteiger partial charge in [0, 0.05) is 23.6 Å². The van der Waals surface area contributed by atoms with E-state index in [2.05, 4.69) is 105 Å². The zero-order valence-corrected chi connectivity index (χ0v) is 14.8. The fraction of sp³-hybridized carbons (Fsp3) is 0.0417. The highest BCUT2D eigenvalue weighted by molar-refractivity contribution is 5.93. The maximum Gasteiger partial charge on any atom is 0.138 e. The third-order valence-electron chi connectivity index (χ3n) is 4.98. The summed E-state index contributed by atoms with van der Waals surface area (Å²) in [6, 6.07) is 29.7. The number of aromatic nitrogens is 2. The van der Waals surface area contributed by atoms with Crippen LogP contribution in [0.1, 0.15) is 22.9 Å². The minimum Gasteiger partial charge on any atom is -0.315 e. The highest BCUT2D eigenvalue weighted by Crippen LogP contribution is 2.42. The van der Waals surface area contributed by atoms with E-state index in [4.69, 9.17) is 0 Å². The number of imidazole rings is 1. The molecule has 1 aromatic heterocycles. The van der Waals surface area contributed by atoms with E-state index in [0.29, 0.717) is 0 Å². The molecular weight excluding hydrogens is 330 g/mol. The molecular formula is C24H19N3. The first-order valence-electron chi connectivity index (χ1n) is 9.09. The highest BCUT2D eigenvalue weighted by Gasteiger charge is 2.31. The van der Waals surface area contributed by atoms with Crippen molar-refractivity contribution in [3.05, 3.63) is 120 Å². The Hall–Kier alpha value is -3.59. The first kappa shape index (κ1) is 15.6. The van der Waals surface area contributed by atoms with Crippen LogP contribution in [0, 0.1) is 0 Å². The number of benzene rings is 3. The smallest absolute Gasteiger partial charge is 0.138 e. The van der Waals surface area contributed by atoms with E-state index < -0.39 is 0 Å². The summed E-state index contributed by atoms with van der Waals surface area (Å²) in [6.45, 7) is 0. The molecule has 130 valence electrons. The Morgan fingerprint density at radius 2 is 1.44 bits per heavy atom. The lowest BCUT2D eigenvalue weighted by molar-refractivity contribution is 0.590. The van der Waals surface area contributed by atoms with Crippen molar-refractivity contribution in [1.29, 1.82) is 0 Å². The van der Waals surface area contributed by atoms with Gasteiger partial charge in [0.1, 0.15) is 6.17 Å². The molecule has 0 fully saturated rings. The van der Waals surface area contributed by atoms with Gasteiger partial charge in [-0.05, 0) is 29.3 Å². The third kappa shape index (κ3) is 2.74. The average Bonchev–Trinajstić information content (AvgIpc) is 3.28. The van der Waals surface area contributed by atoms with E-state index >= 15 is 0 Å². The molecule has 0 saturated carbocycles. The van der Waals surface area contributed by atoms with Crippen LogP contribution in [0.4, 0.5) is 5.69 Å². The van der Waals surface area contributed by atoms with Gasteiger partial charge in [-0.15, -0.1) is 0 Å². The molecule has 0 N–H and O–H groups in total. The van der Waals surface area contributed by atoms with Gasteiger partial charge < -0.3 is 9.47 Å². The van der Waals surface area contributed by atoms with Crippen LogP contribution < -0.4 is 4.90 Å². The molecule has 3 nitrogen and oxygen atoms in total. The second-order valence-corrected chi connectivity index (χ2v) is 6.61. The quantitative estimate of drug-likeness (QED) is 0.490. The van der Waals surface area contributed by atoms with Crippen molar-refractivity contribution in [3.8, 4) is 0 Å². The largest absolute Gasteiger partial charge is 0.315 e. The molecule has 1 unspecified atom stereocenters. The zero-order chi connectivity index (χ0) is 18.1. The number of rotatable bonds is 3. The Morgan fingerprint density at radius 3 is 2.19 bits per heavy atom. The molecule has 0 radical (unpaired) electrons. The summed E-state index contributed by atoms with van der Waals surface area (Å²) in [6.07, 6.45) is 8.06. The summed E-state index contributed by atoms with van der Waals surface area (Å²) < 4.78 is 2.17. The molecule has 1 atom stereocenters. The molecule has 5 rings (SSSR count). The molecule has 1 aliphatic heterocycles. The molecule has 1 aliphatic rings. The average molecular weight is 349 g/mol. The van der Waals surface area contributed by atoms with Crippen LogP contribution in [-0.4, -0.2) is 9.55 Å². The molecule has 0 spiro atoms. The van der Waals surface area contributed by atoms with E-state index in [9.17, 15) is 0 Å². The Bertz CT molecular complexity index is 1070. The second kappa shape index (κ2) is 6.61. The Kier molecular flexibility index (Phi) is 3.83. The molecule has 0 bridgehead atoms. The number of para-hydroxylation sites is 1. The van der Waals surface area contributed by atoms with Crippen LogP contribution in [0.5, 0.6) is 0 Å². The first-order valence-corrected chi connectivity index (χ1v) is 9.09. The van der Waals surface area contributed by atoms with Crippen LogP contribution in [0.15, 0.2) is 104 Å². The van der Waals surface area contributed by atoms with Crippen molar-refractivity contribution in [3.63, 3.8) is 0 Å². The molecule has 4 aromatic rings. The lowest BCUT2D eigenvalue weighted by atomic mass is 9.94. The van der Waals surface area contributed by atoms with Crippen molar-refractivity contribution in [2.24, 2.45) is 0 Å². The summed E-state index contributed by atoms with van der Waals surface area (Å²) in [5, 5.41) is 0. The van der Waals surface area contributed by atoms with Gasteiger partial charge in [0.15, 0.2) is 0 Å². The first-order chi connectivity index (χ1) is 13.4. The predicted molar refractivity (Wildman–Crippen MR) is 110 cm³/mol. The van der Waals surface area contributed by atoms with Crippen LogP contribution in [0.2, 0.25) is 0 Å². The van der Waals surface area contributed by atoms with Gasteiger partial charge in [0.25, 0.3) is 0 Å². The summed E-state index contributed by atoms with van der Waals surface area (Å²) in [5.74, 6) is 0. The Labute approximate surface area is 158 Å². The molecule has 3 heteroatoms. The maximum atomic E-state index is 4.31. The number of hydrogen-bond acceptors (Lipinski definition) is 2. The topological polar surface area (TPSA) is 21.1 Å². The minimum absolute atomic E-state index is 0.00584. The van der Waals surface area contributed by atoms with Crippen molar-refractivity contribution in [2.45, 2.75) is 6.17 Å². The SMILES string of the molecule is C1=C(c2ccccc2)N(c2ccccc2)C(n2ccnc2)c2ccccc21. The van der Waals surface area contributed by atoms with Crippen LogP contribution in [0.25, 0.3) is 11.8 Å². The molecule has 0 amide bonds. The maximum absolute atomic E-state index is 4.31. The fourth-order valence-electron chi connectivity index (χ4n) is 3.77. The number of hydrogen-bond donors (Lipinski definition) is 0. The summed E-state index contributed by atoms with van der Waals surface area (Å²) in [4.78, 5) is 6.70. The van der Waals surface area contributed by atoms with Gasteiger partial charge in [0.2, 0.25) is 0 Å². The normalized spacial score (nSPS) is 15.9. The van der Waals surface area contributed by atoms with Gasteiger partial charge in [-0.1, -0.05) is 72.8 Å². The number of nitrogens with zero attached hydrogens (tertiary/aromatic N) is 3. The van der Waals surface area contributed by atoms with Gasteiger partial charge in [-0.25, -0.2) is 4.98 Å². The van der Waals surface area contributed by atoms with Gasteiger partial charge in [-0.2, -0.15) is 0 Å². The van der Waals surface area contributed by atoms with Crippen molar-refractivity contribution in [2.75, 3.05) is 4.90 Å². The molecule has 27 heavy (non-hydrogen) atoms. The van der Waals surface area contributed by atoms with Crippen molar-refractivity contribution >= 4 is 17.5 Å². The molecule has 2 heterocycles. The summed E-state index contributed by atoms with van der Waals surface area (Å²) in [7, 11) is 0. The number of anilines is 1. The third-order valence-corrected chi connectivity index (χ3v) is 4.98. The van der Waals surface area contributed by atoms with Crippen LogP contribution in [-0.2, 0) is 0 Å². The summed E-state index contributed by atoms with van der Waals surface area (Å²) in [5.41, 5.74) is 6.03. The fourth-order valence-corrected chi connectivity index (χ4v) is 3.77. The van der Waals surface area contributed by atoms with E-state index in [-0.39, 0.29) is 6.17 Å². The van der Waals surface area contributed by atoms with Gasteiger partial charge in [0.05, 0.1) is 12.0 Å². The van der Waals surface area contributed by atoms with E-state index in [0.717, 1.165) is 5.69 Å². The van der Waals surface area contributed by atoms with Gasteiger partial charge >= 0.3 is 0 Å². The Morgan fingerprint density at radius 1 is 0.741 bits per heavy atom.